The first-order valence-corrected chi connectivity index (χ1v) is 12.0. The van der Waals surface area contributed by atoms with Gasteiger partial charge < -0.3 is 19.1 Å². The fourth-order valence-corrected chi connectivity index (χ4v) is 4.64. The van der Waals surface area contributed by atoms with Crippen molar-refractivity contribution < 1.29 is 14.2 Å². The Morgan fingerprint density at radius 1 is 0.968 bits per heavy atom. The van der Waals surface area contributed by atoms with Gasteiger partial charge in [0.15, 0.2) is 0 Å². The monoisotopic (exact) mass is 441 g/mol. The number of rotatable bonds is 11. The number of ether oxygens (including phenoxy) is 3. The molecule has 6 nitrogen and oxygen atoms in total. The third-order valence-corrected chi connectivity index (χ3v) is 6.44. The van der Waals surface area contributed by atoms with Crippen molar-refractivity contribution >= 4 is 27.4 Å². The fraction of sp³-hybridized carbons (Fsp3) is 0.500. The Bertz CT molecular complexity index is 890. The molecule has 4 rings (SSSR count). The molecule has 0 radical (unpaired) electrons. The minimum atomic E-state index is 0.304. The van der Waals surface area contributed by atoms with Crippen LogP contribution in [0.3, 0.4) is 0 Å². The summed E-state index contributed by atoms with van der Waals surface area (Å²) in [4.78, 5) is 11.8. The number of hydrogen-bond donors (Lipinski definition) is 0. The van der Waals surface area contributed by atoms with Gasteiger partial charge >= 0.3 is 0 Å². The van der Waals surface area contributed by atoms with Crippen molar-refractivity contribution in [3.8, 4) is 10.6 Å². The molecule has 1 fully saturated rings. The summed E-state index contributed by atoms with van der Waals surface area (Å²) in [7, 11) is 0. The molecule has 7 heteroatoms. The molecule has 3 aromatic rings. The topological polar surface area (TPSA) is 56.7 Å². The van der Waals surface area contributed by atoms with Gasteiger partial charge in [-0.25, -0.2) is 9.97 Å². The lowest BCUT2D eigenvalue weighted by atomic mass is 10.1. The highest BCUT2D eigenvalue weighted by atomic mass is 32.1. The van der Waals surface area contributed by atoms with Crippen LogP contribution in [0.2, 0.25) is 0 Å². The number of piperidine rings is 1. The summed E-state index contributed by atoms with van der Waals surface area (Å²) < 4.78 is 18.1. The molecule has 0 saturated carbocycles. The third kappa shape index (κ3) is 6.23. The van der Waals surface area contributed by atoms with E-state index in [1.807, 2.05) is 12.3 Å². The minimum Gasteiger partial charge on any atom is -0.379 e. The molecule has 1 aliphatic rings. The Kier molecular flexibility index (Phi) is 8.24. The first-order valence-electron chi connectivity index (χ1n) is 11.2. The van der Waals surface area contributed by atoms with Gasteiger partial charge in [-0.15, -0.1) is 11.3 Å². The van der Waals surface area contributed by atoms with Gasteiger partial charge in [-0.2, -0.15) is 0 Å². The molecule has 0 aliphatic carbocycles. The molecule has 0 bridgehead atoms. The number of aromatic nitrogens is 2. The highest BCUT2D eigenvalue weighted by molar-refractivity contribution is 7.21. The summed E-state index contributed by atoms with van der Waals surface area (Å²) in [5, 5.41) is 1.02. The second kappa shape index (κ2) is 11.5. The average molecular weight is 442 g/mol. The number of fused-ring (bicyclic) bond motifs is 1. The average Bonchev–Trinajstić information content (AvgIpc) is 3.26. The van der Waals surface area contributed by atoms with Crippen LogP contribution in [0.5, 0.6) is 0 Å². The summed E-state index contributed by atoms with van der Waals surface area (Å²) in [5.74, 6) is 1.03. The maximum Gasteiger partial charge on any atom is 0.128 e. The molecule has 0 N–H and O–H groups in total. The van der Waals surface area contributed by atoms with E-state index >= 15 is 0 Å². The quantitative estimate of drug-likeness (QED) is 0.399. The molecule has 0 spiro atoms. The van der Waals surface area contributed by atoms with Crippen LogP contribution in [0.1, 0.15) is 26.2 Å². The van der Waals surface area contributed by atoms with Crippen molar-refractivity contribution in [2.45, 2.75) is 32.3 Å². The predicted molar refractivity (Wildman–Crippen MR) is 126 cm³/mol. The lowest BCUT2D eigenvalue weighted by molar-refractivity contribution is -0.0178. The number of para-hydroxylation sites is 1. The Hall–Kier alpha value is -2.06. The van der Waals surface area contributed by atoms with Gasteiger partial charge in [-0.3, -0.25) is 0 Å². The molecule has 0 amide bonds. The molecule has 0 unspecified atom stereocenters. The molecule has 1 aromatic carbocycles. The van der Waals surface area contributed by atoms with E-state index < -0.39 is 0 Å². The smallest absolute Gasteiger partial charge is 0.128 e. The highest BCUT2D eigenvalue weighted by Crippen LogP contribution is 2.30. The van der Waals surface area contributed by atoms with Gasteiger partial charge in [0.1, 0.15) is 10.8 Å². The van der Waals surface area contributed by atoms with Gasteiger partial charge in [0.2, 0.25) is 0 Å². The molecule has 1 aliphatic heterocycles. The summed E-state index contributed by atoms with van der Waals surface area (Å²) in [6.45, 7) is 7.41. The predicted octanol–water partition coefficient (Wildman–Crippen LogP) is 4.79. The molecule has 0 atom stereocenters. The number of benzene rings is 1. The first kappa shape index (κ1) is 22.1. The van der Waals surface area contributed by atoms with Crippen LogP contribution in [0.15, 0.2) is 42.6 Å². The van der Waals surface area contributed by atoms with Gasteiger partial charge in [-0.1, -0.05) is 19.1 Å². The van der Waals surface area contributed by atoms with Crippen LogP contribution in [-0.4, -0.2) is 62.2 Å². The zero-order chi connectivity index (χ0) is 21.3. The Labute approximate surface area is 188 Å². The second-order valence-electron chi connectivity index (χ2n) is 7.67. The molecule has 2 aromatic heterocycles. The molecule has 1 saturated heterocycles. The summed E-state index contributed by atoms with van der Waals surface area (Å²) in [6.07, 6.45) is 5.32. The van der Waals surface area contributed by atoms with E-state index in [0.29, 0.717) is 32.5 Å². The van der Waals surface area contributed by atoms with E-state index in [2.05, 4.69) is 42.2 Å². The number of thiazole rings is 1. The summed E-state index contributed by atoms with van der Waals surface area (Å²) >= 11 is 1.71. The largest absolute Gasteiger partial charge is 0.379 e. The van der Waals surface area contributed by atoms with Crippen LogP contribution in [0.4, 0.5) is 5.82 Å². The van der Waals surface area contributed by atoms with Crippen LogP contribution in [0.25, 0.3) is 20.8 Å². The number of nitrogens with zero attached hydrogens (tertiary/aromatic N) is 3. The second-order valence-corrected chi connectivity index (χ2v) is 8.70. The third-order valence-electron chi connectivity index (χ3n) is 5.36. The maximum atomic E-state index is 5.98. The van der Waals surface area contributed by atoms with Crippen LogP contribution >= 0.6 is 11.3 Å². The van der Waals surface area contributed by atoms with E-state index in [4.69, 9.17) is 24.2 Å². The molecule has 31 heavy (non-hydrogen) atoms. The van der Waals surface area contributed by atoms with Gasteiger partial charge in [0, 0.05) is 31.5 Å². The fourth-order valence-electron chi connectivity index (χ4n) is 3.69. The normalized spacial score (nSPS) is 15.1. The van der Waals surface area contributed by atoms with Crippen molar-refractivity contribution in [2.75, 3.05) is 51.0 Å². The number of pyridine rings is 1. The number of anilines is 1. The van der Waals surface area contributed by atoms with E-state index in [1.165, 1.54) is 4.70 Å². The summed E-state index contributed by atoms with van der Waals surface area (Å²) in [5.41, 5.74) is 2.12. The van der Waals surface area contributed by atoms with Gasteiger partial charge in [0.25, 0.3) is 0 Å². The Morgan fingerprint density at radius 3 is 2.48 bits per heavy atom. The Balaban J connectivity index is 1.19. The lowest BCUT2D eigenvalue weighted by Crippen LogP contribution is -2.37. The van der Waals surface area contributed by atoms with Crippen molar-refractivity contribution in [3.63, 3.8) is 0 Å². The van der Waals surface area contributed by atoms with Crippen molar-refractivity contribution in [3.05, 3.63) is 42.6 Å². The molecular weight excluding hydrogens is 410 g/mol. The van der Waals surface area contributed by atoms with E-state index in [-0.39, 0.29) is 0 Å². The highest BCUT2D eigenvalue weighted by Gasteiger charge is 2.20. The number of hydrogen-bond acceptors (Lipinski definition) is 7. The lowest BCUT2D eigenvalue weighted by Gasteiger charge is -2.32. The zero-order valence-electron chi connectivity index (χ0n) is 18.2. The molecule has 3 heterocycles. The standard InChI is InChI=1S/C24H31N3O3S/c1-2-13-28-14-15-29-16-17-30-20-9-11-27(12-10-20)23-8-7-19(18-25-23)24-26-21-5-3-4-6-22(21)31-24/h3-8,18,20H,2,9-17H2,1H3. The first-order chi connectivity index (χ1) is 15.3. The van der Waals surface area contributed by atoms with E-state index in [1.54, 1.807) is 11.3 Å². The Morgan fingerprint density at radius 2 is 1.74 bits per heavy atom. The van der Waals surface area contributed by atoms with Crippen molar-refractivity contribution in [2.24, 2.45) is 0 Å². The summed E-state index contributed by atoms with van der Waals surface area (Å²) in [6, 6.07) is 12.5. The SMILES string of the molecule is CCCOCCOCCOC1CCN(c2ccc(-c3nc4ccccc4s3)cn2)CC1. The van der Waals surface area contributed by atoms with Gasteiger partial charge in [0.05, 0.1) is 42.7 Å². The van der Waals surface area contributed by atoms with E-state index in [0.717, 1.165) is 60.9 Å². The maximum absolute atomic E-state index is 5.98. The van der Waals surface area contributed by atoms with Gasteiger partial charge in [-0.05, 0) is 43.5 Å². The zero-order valence-corrected chi connectivity index (χ0v) is 19.0. The minimum absolute atomic E-state index is 0.304. The van der Waals surface area contributed by atoms with Crippen LogP contribution in [0, 0.1) is 0 Å². The van der Waals surface area contributed by atoms with Crippen molar-refractivity contribution in [1.29, 1.82) is 0 Å². The molecule has 166 valence electrons. The van der Waals surface area contributed by atoms with Crippen LogP contribution in [-0.2, 0) is 14.2 Å². The van der Waals surface area contributed by atoms with Crippen molar-refractivity contribution in [1.82, 2.24) is 9.97 Å². The van der Waals surface area contributed by atoms with Crippen LogP contribution < -0.4 is 4.90 Å². The van der Waals surface area contributed by atoms with E-state index in [9.17, 15) is 0 Å². The molecular formula is C24H31N3O3S.